The molecule has 0 aliphatic heterocycles. The molecule has 0 amide bonds. The zero-order chi connectivity index (χ0) is 21.9. The quantitative estimate of drug-likeness (QED) is 0.392. The van der Waals surface area contributed by atoms with Crippen LogP contribution in [-0.2, 0) is 22.1 Å². The van der Waals surface area contributed by atoms with E-state index < -0.39 is 17.7 Å². The summed E-state index contributed by atoms with van der Waals surface area (Å²) in [5.74, 6) is -0.656. The summed E-state index contributed by atoms with van der Waals surface area (Å²) in [5.41, 5.74) is -1.21. The lowest BCUT2D eigenvalue weighted by atomic mass is 10.1. The molecule has 0 atom stereocenters. The van der Waals surface area contributed by atoms with Crippen LogP contribution in [0.2, 0.25) is 10.0 Å². The molecule has 7 nitrogen and oxygen atoms in total. The maximum Gasteiger partial charge on any atom is 0.416 e. The van der Waals surface area contributed by atoms with Crippen molar-refractivity contribution in [1.82, 2.24) is 14.7 Å². The number of benzene rings is 1. The van der Waals surface area contributed by atoms with Gasteiger partial charge in [0.1, 0.15) is 11.8 Å². The first-order valence-corrected chi connectivity index (χ1v) is 8.61. The Morgan fingerprint density at radius 1 is 1.38 bits per heavy atom. The molecule has 2 rings (SSSR count). The summed E-state index contributed by atoms with van der Waals surface area (Å²) in [6, 6.07) is 3.21. The topological polar surface area (TPSA) is 83.5 Å². The van der Waals surface area contributed by atoms with Gasteiger partial charge in [-0.3, -0.25) is 4.79 Å². The van der Waals surface area contributed by atoms with Crippen molar-refractivity contribution in [2.75, 3.05) is 21.2 Å². The molecule has 1 heterocycles. The van der Waals surface area contributed by atoms with Gasteiger partial charge in [-0.05, 0) is 12.1 Å². The van der Waals surface area contributed by atoms with Crippen LogP contribution in [0.3, 0.4) is 0 Å². The number of ether oxygens (including phenoxy) is 1. The van der Waals surface area contributed by atoms with Crippen molar-refractivity contribution in [1.29, 1.82) is 5.26 Å². The van der Waals surface area contributed by atoms with E-state index in [1.54, 1.807) is 19.0 Å². The van der Waals surface area contributed by atoms with Crippen molar-refractivity contribution in [3.63, 3.8) is 0 Å². The molecular weight excluding hydrogens is 434 g/mol. The molecule has 0 saturated heterocycles. The summed E-state index contributed by atoms with van der Waals surface area (Å²) < 4.78 is 44.7. The van der Waals surface area contributed by atoms with E-state index in [1.165, 1.54) is 13.4 Å². The van der Waals surface area contributed by atoms with Crippen LogP contribution in [0.25, 0.3) is 5.69 Å². The number of alkyl halides is 3. The second-order valence-electron chi connectivity index (χ2n) is 5.92. The lowest BCUT2D eigenvalue weighted by molar-refractivity contribution is -0.140. The second kappa shape index (κ2) is 8.71. The number of nitrogens with zero attached hydrogens (tertiary/aromatic N) is 5. The number of halogens is 5. The van der Waals surface area contributed by atoms with E-state index in [4.69, 9.17) is 23.2 Å². The minimum absolute atomic E-state index is 0.00390. The van der Waals surface area contributed by atoms with Gasteiger partial charge in [-0.2, -0.15) is 23.5 Å². The van der Waals surface area contributed by atoms with E-state index in [2.05, 4.69) is 14.8 Å². The first-order valence-electron chi connectivity index (χ1n) is 7.85. The number of methoxy groups -OCH3 is 1. The normalized spacial score (nSPS) is 11.6. The minimum atomic E-state index is -4.66. The molecule has 0 aliphatic carbocycles. The molecule has 0 bridgehead atoms. The fourth-order valence-electron chi connectivity index (χ4n) is 2.30. The fraction of sp³-hybridized carbons (Fsp3) is 0.294. The van der Waals surface area contributed by atoms with E-state index in [9.17, 15) is 23.2 Å². The molecule has 0 fully saturated rings. The summed E-state index contributed by atoms with van der Waals surface area (Å²) in [7, 11) is 4.52. The van der Waals surface area contributed by atoms with Crippen LogP contribution in [0, 0.1) is 11.3 Å². The van der Waals surface area contributed by atoms with Crippen LogP contribution >= 0.6 is 23.2 Å². The molecule has 0 unspecified atom stereocenters. The molecule has 12 heteroatoms. The standard InChI is InChI=1S/C17H14Cl2F3N5O2/c1-26(2)8-24-16-10(6-14(28)29-3)13(7-23)25-27(16)15-11(18)4-9(5-12(15)19)17(20,21)22/h4-5,8H,6H2,1-3H3. The fourth-order valence-corrected chi connectivity index (χ4v) is 2.95. The lowest BCUT2D eigenvalue weighted by Gasteiger charge is -2.14. The van der Waals surface area contributed by atoms with Crippen LogP contribution in [0.4, 0.5) is 19.0 Å². The van der Waals surface area contributed by atoms with Gasteiger partial charge in [0.25, 0.3) is 0 Å². The molecule has 0 N–H and O–H groups in total. The summed E-state index contributed by atoms with van der Waals surface area (Å²) in [5, 5.41) is 12.7. The number of hydrogen-bond donors (Lipinski definition) is 0. The Kier molecular flexibility index (Phi) is 6.77. The zero-order valence-corrected chi connectivity index (χ0v) is 16.9. The number of carbonyl (C=O) groups excluding carboxylic acids is 1. The third-order valence-electron chi connectivity index (χ3n) is 3.58. The molecule has 29 heavy (non-hydrogen) atoms. The maximum absolute atomic E-state index is 13.0. The molecule has 2 aromatic rings. The predicted molar refractivity (Wildman–Crippen MR) is 101 cm³/mol. The molecule has 0 spiro atoms. The van der Waals surface area contributed by atoms with Gasteiger partial charge in [0.2, 0.25) is 0 Å². The van der Waals surface area contributed by atoms with Crippen molar-refractivity contribution in [2.45, 2.75) is 12.6 Å². The Hall–Kier alpha value is -2.77. The SMILES string of the molecule is COC(=O)Cc1c(C#N)nn(-c2c(Cl)cc(C(F)(F)F)cc2Cl)c1N=CN(C)C. The first kappa shape index (κ1) is 22.5. The van der Waals surface area contributed by atoms with Crippen molar-refractivity contribution in [3.8, 4) is 11.8 Å². The number of carbonyl (C=O) groups is 1. The van der Waals surface area contributed by atoms with Crippen LogP contribution in [0.1, 0.15) is 16.8 Å². The number of hydrogen-bond acceptors (Lipinski definition) is 5. The van der Waals surface area contributed by atoms with Gasteiger partial charge in [0.05, 0.1) is 35.5 Å². The van der Waals surface area contributed by atoms with Crippen LogP contribution in [0.5, 0.6) is 0 Å². The number of aliphatic imine (C=N–C) groups is 1. The van der Waals surface area contributed by atoms with Gasteiger partial charge in [-0.15, -0.1) is 0 Å². The Morgan fingerprint density at radius 3 is 2.41 bits per heavy atom. The van der Waals surface area contributed by atoms with E-state index in [0.717, 1.165) is 4.68 Å². The Morgan fingerprint density at radius 2 is 1.97 bits per heavy atom. The zero-order valence-electron chi connectivity index (χ0n) is 15.4. The third-order valence-corrected chi connectivity index (χ3v) is 4.15. The Bertz CT molecular complexity index is 987. The summed E-state index contributed by atoms with van der Waals surface area (Å²) in [6.45, 7) is 0. The van der Waals surface area contributed by atoms with Gasteiger partial charge in [-0.25, -0.2) is 9.67 Å². The average molecular weight is 448 g/mol. The van der Waals surface area contributed by atoms with Gasteiger partial charge in [-0.1, -0.05) is 23.2 Å². The average Bonchev–Trinajstić information content (AvgIpc) is 2.95. The highest BCUT2D eigenvalue weighted by Crippen LogP contribution is 2.39. The maximum atomic E-state index is 13.0. The smallest absolute Gasteiger partial charge is 0.416 e. The molecule has 1 aromatic heterocycles. The first-order chi connectivity index (χ1) is 13.5. The van der Waals surface area contributed by atoms with Gasteiger partial charge >= 0.3 is 12.1 Å². The highest BCUT2D eigenvalue weighted by molar-refractivity contribution is 6.38. The van der Waals surface area contributed by atoms with Crippen molar-refractivity contribution >= 4 is 41.3 Å². The van der Waals surface area contributed by atoms with E-state index in [0.29, 0.717) is 12.1 Å². The monoisotopic (exact) mass is 447 g/mol. The molecule has 0 saturated carbocycles. The minimum Gasteiger partial charge on any atom is -0.469 e. The third kappa shape index (κ3) is 4.99. The number of aromatic nitrogens is 2. The van der Waals surface area contributed by atoms with Crippen LogP contribution in [-0.4, -0.2) is 48.2 Å². The number of rotatable bonds is 5. The highest BCUT2D eigenvalue weighted by atomic mass is 35.5. The van der Waals surface area contributed by atoms with E-state index in [-0.39, 0.29) is 39.2 Å². The van der Waals surface area contributed by atoms with E-state index in [1.807, 2.05) is 6.07 Å². The van der Waals surface area contributed by atoms with E-state index >= 15 is 0 Å². The highest BCUT2D eigenvalue weighted by Gasteiger charge is 2.33. The van der Waals surface area contributed by atoms with Crippen molar-refractivity contribution in [3.05, 3.63) is 39.0 Å². The molecule has 0 radical (unpaired) electrons. The van der Waals surface area contributed by atoms with Crippen molar-refractivity contribution in [2.24, 2.45) is 4.99 Å². The largest absolute Gasteiger partial charge is 0.469 e. The van der Waals surface area contributed by atoms with Gasteiger partial charge < -0.3 is 9.64 Å². The Balaban J connectivity index is 2.79. The summed E-state index contributed by atoms with van der Waals surface area (Å²) in [6.07, 6.45) is -3.63. The van der Waals surface area contributed by atoms with Crippen LogP contribution < -0.4 is 0 Å². The van der Waals surface area contributed by atoms with Crippen LogP contribution in [0.15, 0.2) is 17.1 Å². The molecule has 0 aliphatic rings. The lowest BCUT2D eigenvalue weighted by Crippen LogP contribution is -2.09. The molecule has 1 aromatic carbocycles. The summed E-state index contributed by atoms with van der Waals surface area (Å²) >= 11 is 12.1. The van der Waals surface area contributed by atoms with Gasteiger partial charge in [0.15, 0.2) is 11.5 Å². The second-order valence-corrected chi connectivity index (χ2v) is 6.74. The van der Waals surface area contributed by atoms with Crippen molar-refractivity contribution < 1.29 is 22.7 Å². The predicted octanol–water partition coefficient (Wildman–Crippen LogP) is 4.01. The number of esters is 1. The number of nitriles is 1. The Labute approximate surface area is 173 Å². The molecular formula is C17H14Cl2F3N5O2. The summed E-state index contributed by atoms with van der Waals surface area (Å²) in [4.78, 5) is 17.5. The molecule has 154 valence electrons. The van der Waals surface area contributed by atoms with Gasteiger partial charge in [0, 0.05) is 19.7 Å².